The Morgan fingerprint density at radius 1 is 0.848 bits per heavy atom. The van der Waals surface area contributed by atoms with Crippen LogP contribution in [0.25, 0.3) is 0 Å². The molecule has 7 nitrogen and oxygen atoms in total. The molecule has 0 bridgehead atoms. The number of anilines is 1. The third-order valence-corrected chi connectivity index (χ3v) is 6.40. The average molecular weight is 446 g/mol. The summed E-state index contributed by atoms with van der Waals surface area (Å²) < 4.78 is 0. The highest BCUT2D eigenvalue weighted by molar-refractivity contribution is 5.94. The Balaban J connectivity index is 1.22. The number of nitriles is 1. The average Bonchev–Trinajstić information content (AvgIpc) is 3.30. The van der Waals surface area contributed by atoms with Gasteiger partial charge in [-0.1, -0.05) is 12.1 Å². The van der Waals surface area contributed by atoms with Gasteiger partial charge in [-0.2, -0.15) is 5.26 Å². The van der Waals surface area contributed by atoms with Gasteiger partial charge in [-0.15, -0.1) is 0 Å². The smallest absolute Gasteiger partial charge is 0.253 e. The van der Waals surface area contributed by atoms with Crippen LogP contribution in [0.5, 0.6) is 0 Å². The number of hydrogen-bond acceptors (Lipinski definition) is 5. The molecule has 1 N–H and O–H groups in total. The van der Waals surface area contributed by atoms with Gasteiger partial charge in [0.1, 0.15) is 0 Å². The number of likely N-dealkylation sites (tertiary alicyclic amines) is 1. The number of carbonyl (C=O) groups is 2. The molecule has 172 valence electrons. The summed E-state index contributed by atoms with van der Waals surface area (Å²) in [6.45, 7) is 6.03. The molecule has 0 unspecified atom stereocenters. The predicted octanol–water partition coefficient (Wildman–Crippen LogP) is 2.62. The number of hydrogen-bond donors (Lipinski definition) is 1. The molecule has 0 saturated carbocycles. The molecule has 0 aromatic heterocycles. The highest BCUT2D eigenvalue weighted by Crippen LogP contribution is 2.17. The van der Waals surface area contributed by atoms with E-state index in [9.17, 15) is 9.59 Å². The lowest BCUT2D eigenvalue weighted by Crippen LogP contribution is -2.39. The van der Waals surface area contributed by atoms with Crippen molar-refractivity contribution in [1.29, 1.82) is 5.26 Å². The van der Waals surface area contributed by atoms with Gasteiger partial charge >= 0.3 is 0 Å². The van der Waals surface area contributed by atoms with E-state index in [-0.39, 0.29) is 11.8 Å². The largest absolute Gasteiger partial charge is 0.370 e. The lowest BCUT2D eigenvalue weighted by atomic mass is 10.1. The van der Waals surface area contributed by atoms with E-state index in [1.54, 1.807) is 0 Å². The summed E-state index contributed by atoms with van der Waals surface area (Å²) in [5.41, 5.74) is 3.49. The van der Waals surface area contributed by atoms with E-state index in [1.165, 1.54) is 0 Å². The minimum atomic E-state index is 0.0130. The maximum atomic E-state index is 12.5. The molecule has 4 rings (SSSR count). The number of rotatable bonds is 6. The fourth-order valence-corrected chi connectivity index (χ4v) is 4.46. The van der Waals surface area contributed by atoms with Crippen molar-refractivity contribution in [3.8, 4) is 6.07 Å². The molecule has 2 aromatic carbocycles. The van der Waals surface area contributed by atoms with Gasteiger partial charge in [-0.05, 0) is 61.2 Å². The van der Waals surface area contributed by atoms with E-state index in [2.05, 4.69) is 21.2 Å². The molecule has 2 amide bonds. The van der Waals surface area contributed by atoms with Crippen LogP contribution in [0.4, 0.5) is 5.69 Å². The Kier molecular flexibility index (Phi) is 7.59. The van der Waals surface area contributed by atoms with Gasteiger partial charge in [-0.3, -0.25) is 14.5 Å². The van der Waals surface area contributed by atoms with Gasteiger partial charge in [0.15, 0.2) is 0 Å². The van der Waals surface area contributed by atoms with Gasteiger partial charge in [-0.25, -0.2) is 0 Å². The summed E-state index contributed by atoms with van der Waals surface area (Å²) in [5, 5.41) is 12.0. The molecule has 2 aliphatic heterocycles. The van der Waals surface area contributed by atoms with Crippen LogP contribution in [0.15, 0.2) is 48.5 Å². The Morgan fingerprint density at radius 3 is 2.27 bits per heavy atom. The number of nitrogens with one attached hydrogen (secondary N) is 1. The van der Waals surface area contributed by atoms with Crippen molar-refractivity contribution in [2.24, 2.45) is 0 Å². The lowest BCUT2D eigenvalue weighted by molar-refractivity contribution is -0.122. The first kappa shape index (κ1) is 22.8. The van der Waals surface area contributed by atoms with E-state index in [0.29, 0.717) is 24.2 Å². The Bertz CT molecular complexity index is 991. The third-order valence-electron chi connectivity index (χ3n) is 6.40. The van der Waals surface area contributed by atoms with E-state index in [1.807, 2.05) is 53.4 Å². The fourth-order valence-electron chi connectivity index (χ4n) is 4.46. The minimum absolute atomic E-state index is 0.0130. The maximum absolute atomic E-state index is 12.5. The Hall–Kier alpha value is -3.37. The standard InChI is InChI=1S/C26H31N5O2/c27-18-21-6-10-24(11-7-21)30-15-3-12-29(16-17-30)20-25(32)28-19-22-4-8-23(9-5-22)26(33)31-13-1-2-14-31/h4-11H,1-3,12-17,19-20H2,(H,28,32). The first-order valence-electron chi connectivity index (χ1n) is 11.7. The monoisotopic (exact) mass is 445 g/mol. The molecule has 0 aliphatic carbocycles. The molecule has 2 aliphatic rings. The van der Waals surface area contributed by atoms with Gasteiger partial charge in [0.2, 0.25) is 5.91 Å². The zero-order chi connectivity index (χ0) is 23.0. The number of amides is 2. The lowest BCUT2D eigenvalue weighted by Gasteiger charge is -2.23. The minimum Gasteiger partial charge on any atom is -0.370 e. The SMILES string of the molecule is N#Cc1ccc(N2CCCN(CC(=O)NCc3ccc(C(=O)N4CCCC4)cc3)CC2)cc1. The zero-order valence-corrected chi connectivity index (χ0v) is 19.0. The second-order valence-electron chi connectivity index (χ2n) is 8.75. The van der Waals surface area contributed by atoms with Crippen molar-refractivity contribution < 1.29 is 9.59 Å². The summed E-state index contributed by atoms with van der Waals surface area (Å²) in [6.07, 6.45) is 3.15. The number of nitrogens with zero attached hydrogens (tertiary/aromatic N) is 4. The molecule has 0 radical (unpaired) electrons. The summed E-state index contributed by atoms with van der Waals surface area (Å²) in [4.78, 5) is 31.4. The molecule has 7 heteroatoms. The third kappa shape index (κ3) is 6.11. The van der Waals surface area contributed by atoms with Crippen molar-refractivity contribution in [2.45, 2.75) is 25.8 Å². The molecular formula is C26H31N5O2. The first-order chi connectivity index (χ1) is 16.1. The van der Waals surface area contributed by atoms with Crippen molar-refractivity contribution >= 4 is 17.5 Å². The number of benzene rings is 2. The predicted molar refractivity (Wildman–Crippen MR) is 128 cm³/mol. The van der Waals surface area contributed by atoms with Crippen LogP contribution in [0.1, 0.15) is 40.7 Å². The first-order valence-corrected chi connectivity index (χ1v) is 11.7. The van der Waals surface area contributed by atoms with Crippen LogP contribution >= 0.6 is 0 Å². The summed E-state index contributed by atoms with van der Waals surface area (Å²) in [5.74, 6) is 0.110. The molecule has 2 aromatic rings. The molecular weight excluding hydrogens is 414 g/mol. The van der Waals surface area contributed by atoms with Crippen LogP contribution < -0.4 is 10.2 Å². The van der Waals surface area contributed by atoms with E-state index in [4.69, 9.17) is 5.26 Å². The highest BCUT2D eigenvalue weighted by Gasteiger charge is 2.20. The highest BCUT2D eigenvalue weighted by atomic mass is 16.2. The van der Waals surface area contributed by atoms with Crippen LogP contribution in [0.2, 0.25) is 0 Å². The van der Waals surface area contributed by atoms with Crippen LogP contribution in [0.3, 0.4) is 0 Å². The number of carbonyl (C=O) groups excluding carboxylic acids is 2. The van der Waals surface area contributed by atoms with Crippen LogP contribution in [-0.4, -0.2) is 67.4 Å². The van der Waals surface area contributed by atoms with Crippen molar-refractivity contribution in [3.05, 3.63) is 65.2 Å². The summed E-state index contributed by atoms with van der Waals surface area (Å²) >= 11 is 0. The van der Waals surface area contributed by atoms with Gasteiger partial charge in [0.25, 0.3) is 5.91 Å². The quantitative estimate of drug-likeness (QED) is 0.740. The molecule has 2 heterocycles. The Labute approximate surface area is 195 Å². The van der Waals surface area contributed by atoms with Gasteiger partial charge in [0.05, 0.1) is 18.2 Å². The van der Waals surface area contributed by atoms with Crippen molar-refractivity contribution in [1.82, 2.24) is 15.1 Å². The van der Waals surface area contributed by atoms with Gasteiger partial charge < -0.3 is 15.1 Å². The van der Waals surface area contributed by atoms with Crippen LogP contribution in [-0.2, 0) is 11.3 Å². The van der Waals surface area contributed by atoms with Crippen LogP contribution in [0, 0.1) is 11.3 Å². The fraction of sp³-hybridized carbons (Fsp3) is 0.423. The van der Waals surface area contributed by atoms with Gasteiger partial charge in [0, 0.05) is 57.1 Å². The molecule has 2 saturated heterocycles. The summed E-state index contributed by atoms with van der Waals surface area (Å²) in [7, 11) is 0. The second kappa shape index (κ2) is 11.0. The molecule has 33 heavy (non-hydrogen) atoms. The van der Waals surface area contributed by atoms with E-state index in [0.717, 1.165) is 69.8 Å². The molecule has 0 spiro atoms. The molecule has 0 atom stereocenters. The van der Waals surface area contributed by atoms with E-state index >= 15 is 0 Å². The molecule has 2 fully saturated rings. The van der Waals surface area contributed by atoms with E-state index < -0.39 is 0 Å². The van der Waals surface area contributed by atoms with Crippen molar-refractivity contribution in [3.63, 3.8) is 0 Å². The maximum Gasteiger partial charge on any atom is 0.253 e. The van der Waals surface area contributed by atoms with Crippen molar-refractivity contribution in [2.75, 3.05) is 50.7 Å². The summed E-state index contributed by atoms with van der Waals surface area (Å²) in [6, 6.07) is 17.4. The zero-order valence-electron chi connectivity index (χ0n) is 19.0. The Morgan fingerprint density at radius 2 is 1.58 bits per heavy atom. The normalized spacial score (nSPS) is 16.8. The second-order valence-corrected chi connectivity index (χ2v) is 8.75. The topological polar surface area (TPSA) is 79.7 Å².